The molecule has 0 radical (unpaired) electrons. The van der Waals surface area contributed by atoms with Gasteiger partial charge in [0.15, 0.2) is 0 Å². The van der Waals surface area contributed by atoms with Gasteiger partial charge >= 0.3 is 6.09 Å². The third kappa shape index (κ3) is 4.15. The second kappa shape index (κ2) is 7.17. The highest BCUT2D eigenvalue weighted by Gasteiger charge is 2.30. The molecule has 1 unspecified atom stereocenters. The number of unbranched alkanes of at least 4 members (excludes halogenated alkanes) is 3. The van der Waals surface area contributed by atoms with Gasteiger partial charge in [-0.3, -0.25) is 0 Å². The van der Waals surface area contributed by atoms with Crippen LogP contribution in [0.1, 0.15) is 44.6 Å². The molecule has 1 heterocycles. The Morgan fingerprint density at radius 2 is 2.20 bits per heavy atom. The molecule has 110 valence electrons. The average molecular weight is 276 g/mol. The third-order valence-electron chi connectivity index (χ3n) is 3.65. The van der Waals surface area contributed by atoms with Crippen molar-refractivity contribution in [3.05, 3.63) is 29.8 Å². The largest absolute Gasteiger partial charge is 0.444 e. The summed E-state index contributed by atoms with van der Waals surface area (Å²) in [6, 6.07) is 7.65. The van der Waals surface area contributed by atoms with Crippen LogP contribution < -0.4 is 5.73 Å². The van der Waals surface area contributed by atoms with E-state index in [0.717, 1.165) is 24.1 Å². The highest BCUT2D eigenvalue weighted by molar-refractivity contribution is 5.70. The Bertz CT molecular complexity index is 448. The monoisotopic (exact) mass is 276 g/mol. The van der Waals surface area contributed by atoms with Crippen LogP contribution in [0.25, 0.3) is 0 Å². The minimum absolute atomic E-state index is 0.0559. The molecular formula is C16H24N2O2. The summed E-state index contributed by atoms with van der Waals surface area (Å²) in [5.41, 5.74) is 7.53. The SMILES string of the molecule is CCCCCCC1CN(Cc2cccc(N)c2)C(=O)O1. The Kier molecular flexibility index (Phi) is 5.27. The van der Waals surface area contributed by atoms with Gasteiger partial charge in [-0.1, -0.05) is 38.3 Å². The lowest BCUT2D eigenvalue weighted by atomic mass is 10.1. The van der Waals surface area contributed by atoms with Crippen molar-refractivity contribution < 1.29 is 9.53 Å². The molecule has 2 rings (SSSR count). The minimum Gasteiger partial charge on any atom is -0.444 e. The minimum atomic E-state index is -0.201. The molecule has 0 bridgehead atoms. The number of ether oxygens (including phenoxy) is 1. The number of nitrogens with two attached hydrogens (primary N) is 1. The first-order chi connectivity index (χ1) is 9.69. The standard InChI is InChI=1S/C16H24N2O2/c1-2-3-4-5-9-15-12-18(16(19)20-15)11-13-7-6-8-14(17)10-13/h6-8,10,15H,2-5,9,11-12,17H2,1H3. The van der Waals surface area contributed by atoms with Crippen molar-refractivity contribution >= 4 is 11.8 Å². The van der Waals surface area contributed by atoms with Crippen molar-refractivity contribution in [2.24, 2.45) is 0 Å². The quantitative estimate of drug-likeness (QED) is 0.612. The Labute approximate surface area is 120 Å². The van der Waals surface area contributed by atoms with Crippen LogP contribution in [-0.2, 0) is 11.3 Å². The van der Waals surface area contributed by atoms with Crippen LogP contribution in [-0.4, -0.2) is 23.6 Å². The lowest BCUT2D eigenvalue weighted by Gasteiger charge is -2.13. The van der Waals surface area contributed by atoms with Gasteiger partial charge in [-0.25, -0.2) is 4.79 Å². The Morgan fingerprint density at radius 3 is 2.95 bits per heavy atom. The maximum absolute atomic E-state index is 11.8. The number of carbonyl (C=O) groups is 1. The first kappa shape index (κ1) is 14.7. The topological polar surface area (TPSA) is 55.6 Å². The van der Waals surface area contributed by atoms with Gasteiger partial charge in [0.05, 0.1) is 6.54 Å². The van der Waals surface area contributed by atoms with Crippen LogP contribution in [0.5, 0.6) is 0 Å². The molecule has 4 heteroatoms. The zero-order valence-corrected chi connectivity index (χ0v) is 12.2. The molecule has 0 saturated carbocycles. The van der Waals surface area contributed by atoms with E-state index >= 15 is 0 Å². The maximum atomic E-state index is 11.8. The van der Waals surface area contributed by atoms with E-state index in [1.54, 1.807) is 4.90 Å². The second-order valence-electron chi connectivity index (χ2n) is 5.48. The number of hydrogen-bond acceptors (Lipinski definition) is 3. The van der Waals surface area contributed by atoms with E-state index in [1.807, 2.05) is 24.3 Å². The fraction of sp³-hybridized carbons (Fsp3) is 0.562. The number of nitrogens with zero attached hydrogens (tertiary/aromatic N) is 1. The Morgan fingerprint density at radius 1 is 1.35 bits per heavy atom. The zero-order valence-electron chi connectivity index (χ0n) is 12.2. The highest BCUT2D eigenvalue weighted by Crippen LogP contribution is 2.20. The van der Waals surface area contributed by atoms with E-state index in [1.165, 1.54) is 19.3 Å². The molecule has 1 aromatic rings. The fourth-order valence-electron chi connectivity index (χ4n) is 2.56. The summed E-state index contributed by atoms with van der Waals surface area (Å²) in [5, 5.41) is 0. The van der Waals surface area contributed by atoms with Gasteiger partial charge in [-0.15, -0.1) is 0 Å². The van der Waals surface area contributed by atoms with Crippen LogP contribution in [0.4, 0.5) is 10.5 Å². The second-order valence-corrected chi connectivity index (χ2v) is 5.48. The molecule has 1 saturated heterocycles. The summed E-state index contributed by atoms with van der Waals surface area (Å²) in [6.45, 7) is 3.47. The van der Waals surface area contributed by atoms with Crippen molar-refractivity contribution in [1.29, 1.82) is 0 Å². The van der Waals surface area contributed by atoms with Crippen LogP contribution in [0.2, 0.25) is 0 Å². The van der Waals surface area contributed by atoms with Gasteiger partial charge in [-0.2, -0.15) is 0 Å². The number of rotatable bonds is 7. The van der Waals surface area contributed by atoms with Gasteiger partial charge in [-0.05, 0) is 30.5 Å². The van der Waals surface area contributed by atoms with Crippen LogP contribution in [0, 0.1) is 0 Å². The summed E-state index contributed by atoms with van der Waals surface area (Å²) in [7, 11) is 0. The van der Waals surface area contributed by atoms with Crippen molar-refractivity contribution in [1.82, 2.24) is 4.90 Å². The Hall–Kier alpha value is -1.71. The molecule has 1 amide bonds. The molecule has 2 N–H and O–H groups in total. The number of benzene rings is 1. The summed E-state index contributed by atoms with van der Waals surface area (Å²) < 4.78 is 5.41. The number of cyclic esters (lactones) is 1. The Balaban J connectivity index is 1.80. The van der Waals surface area contributed by atoms with Crippen LogP contribution >= 0.6 is 0 Å². The number of nitrogen functional groups attached to an aromatic ring is 1. The van der Waals surface area contributed by atoms with E-state index in [2.05, 4.69) is 6.92 Å². The van der Waals surface area contributed by atoms with Crippen LogP contribution in [0.15, 0.2) is 24.3 Å². The lowest BCUT2D eigenvalue weighted by Crippen LogP contribution is -2.24. The van der Waals surface area contributed by atoms with E-state index in [4.69, 9.17) is 10.5 Å². The number of hydrogen-bond donors (Lipinski definition) is 1. The third-order valence-corrected chi connectivity index (χ3v) is 3.65. The molecule has 4 nitrogen and oxygen atoms in total. The summed E-state index contributed by atoms with van der Waals surface area (Å²) in [6.07, 6.45) is 5.67. The zero-order chi connectivity index (χ0) is 14.4. The first-order valence-electron chi connectivity index (χ1n) is 7.49. The van der Waals surface area contributed by atoms with Gasteiger partial charge in [0.1, 0.15) is 6.10 Å². The molecule has 1 aromatic carbocycles. The van der Waals surface area contributed by atoms with Crippen molar-refractivity contribution in [3.8, 4) is 0 Å². The summed E-state index contributed by atoms with van der Waals surface area (Å²) >= 11 is 0. The van der Waals surface area contributed by atoms with Crippen LogP contribution in [0.3, 0.4) is 0 Å². The number of amides is 1. The maximum Gasteiger partial charge on any atom is 0.410 e. The molecule has 1 aliphatic heterocycles. The van der Waals surface area contributed by atoms with Crippen molar-refractivity contribution in [2.45, 2.75) is 51.7 Å². The smallest absolute Gasteiger partial charge is 0.410 e. The highest BCUT2D eigenvalue weighted by atomic mass is 16.6. The van der Waals surface area contributed by atoms with E-state index in [0.29, 0.717) is 13.1 Å². The molecule has 1 aliphatic rings. The molecule has 20 heavy (non-hydrogen) atoms. The van der Waals surface area contributed by atoms with E-state index in [9.17, 15) is 4.79 Å². The van der Waals surface area contributed by atoms with Crippen molar-refractivity contribution in [2.75, 3.05) is 12.3 Å². The van der Waals surface area contributed by atoms with Gasteiger partial charge in [0, 0.05) is 12.2 Å². The molecule has 0 spiro atoms. The predicted octanol–water partition coefficient (Wildman–Crippen LogP) is 3.56. The number of anilines is 1. The van der Waals surface area contributed by atoms with Crippen molar-refractivity contribution in [3.63, 3.8) is 0 Å². The average Bonchev–Trinajstić information content (AvgIpc) is 2.75. The molecule has 1 fully saturated rings. The normalized spacial score (nSPS) is 18.4. The molecule has 1 atom stereocenters. The molecule has 0 aliphatic carbocycles. The van der Waals surface area contributed by atoms with E-state index < -0.39 is 0 Å². The predicted molar refractivity (Wildman–Crippen MR) is 80.3 cm³/mol. The summed E-state index contributed by atoms with van der Waals surface area (Å²) in [5.74, 6) is 0. The van der Waals surface area contributed by atoms with Gasteiger partial charge < -0.3 is 15.4 Å². The van der Waals surface area contributed by atoms with Gasteiger partial charge in [0.25, 0.3) is 0 Å². The molecule has 0 aromatic heterocycles. The first-order valence-corrected chi connectivity index (χ1v) is 7.49. The van der Waals surface area contributed by atoms with Gasteiger partial charge in [0.2, 0.25) is 0 Å². The fourth-order valence-corrected chi connectivity index (χ4v) is 2.56. The number of carbonyl (C=O) groups excluding carboxylic acids is 1. The molecular weight excluding hydrogens is 252 g/mol. The summed E-state index contributed by atoms with van der Waals surface area (Å²) in [4.78, 5) is 13.6. The lowest BCUT2D eigenvalue weighted by molar-refractivity contribution is 0.127. The van der Waals surface area contributed by atoms with E-state index in [-0.39, 0.29) is 12.2 Å².